The molecule has 4 amide bonds. The lowest BCUT2D eigenvalue weighted by atomic mass is 9.53. The van der Waals surface area contributed by atoms with Gasteiger partial charge < -0.3 is 31.1 Å². The fraction of sp³-hybridized carbons (Fsp3) is 0.882. The van der Waals surface area contributed by atoms with Gasteiger partial charge in [-0.3, -0.25) is 21.5 Å². The van der Waals surface area contributed by atoms with Gasteiger partial charge in [-0.1, -0.05) is 0 Å². The fourth-order valence-corrected chi connectivity index (χ4v) is 11.7. The molecule has 48 heavy (non-hydrogen) atoms. The monoisotopic (exact) mass is 710 g/mol. The van der Waals surface area contributed by atoms with E-state index in [4.69, 9.17) is 10.8 Å². The van der Waals surface area contributed by atoms with E-state index >= 15 is 0 Å². The lowest BCUT2D eigenvalue weighted by Gasteiger charge is -2.56. The fourth-order valence-electron chi connectivity index (χ4n) is 11.7. The summed E-state index contributed by atoms with van der Waals surface area (Å²) < 4.78 is 0. The van der Waals surface area contributed by atoms with Crippen LogP contribution in [-0.4, -0.2) is 97.2 Å². The third kappa shape index (κ3) is 9.20. The van der Waals surface area contributed by atoms with Gasteiger partial charge in [0, 0.05) is 50.3 Å². The summed E-state index contributed by atoms with van der Waals surface area (Å²) in [7, 11) is 0. The molecule has 8 aliphatic carbocycles. The first-order valence-electron chi connectivity index (χ1n) is 18.5. The largest absolute Gasteiger partial charge is 0.356 e. The first-order valence-corrected chi connectivity index (χ1v) is 18.5. The molecular weight excluding hydrogens is 651 g/mol. The van der Waals surface area contributed by atoms with Gasteiger partial charge >= 0.3 is 12.1 Å². The lowest BCUT2D eigenvalue weighted by molar-refractivity contribution is -0.0135. The number of amides is 4. The molecule has 272 valence electrons. The Labute approximate surface area is 299 Å². The molecule has 1 aliphatic heterocycles. The highest BCUT2D eigenvalue weighted by molar-refractivity contribution is 5.95. The van der Waals surface area contributed by atoms with E-state index in [2.05, 4.69) is 41.7 Å². The van der Waals surface area contributed by atoms with Crippen LogP contribution in [0.5, 0.6) is 0 Å². The average molecular weight is 712 g/mol. The molecule has 0 radical (unpaired) electrons. The van der Waals surface area contributed by atoms with Crippen LogP contribution >= 0.6 is 24.8 Å². The second-order valence-corrected chi connectivity index (χ2v) is 16.5. The standard InChI is InChI=1S/C34H58N10O2.2ClH/c35-29(39-31(45)41-33-17-23-11-24(18-33)13-25(12-23)19-33)37-3-1-5-43-7-9-44(10-8-43)6-2-4-38-30(36)40-32(46)42-34-20-26-14-27(21-34)16-28(15-26)22-34;;/h23-28H,1-22H2,(H4,35,37,39,41,45)(H4,36,38,40,42,46);2*1H. The number of guanidine groups is 2. The Morgan fingerprint density at radius 1 is 0.542 bits per heavy atom. The maximum absolute atomic E-state index is 12.7. The summed E-state index contributed by atoms with van der Waals surface area (Å²) in [4.78, 5) is 30.3. The molecule has 0 spiro atoms. The zero-order chi connectivity index (χ0) is 31.7. The Balaban J connectivity index is 0.00000225. The molecule has 1 saturated heterocycles. The van der Waals surface area contributed by atoms with Crippen molar-refractivity contribution in [1.29, 1.82) is 10.8 Å². The molecule has 1 heterocycles. The van der Waals surface area contributed by atoms with E-state index in [-0.39, 0.29) is 59.9 Å². The van der Waals surface area contributed by atoms with E-state index < -0.39 is 0 Å². The number of nitrogens with zero attached hydrogens (tertiary/aromatic N) is 2. The maximum atomic E-state index is 12.7. The van der Waals surface area contributed by atoms with Crippen molar-refractivity contribution in [3.63, 3.8) is 0 Å². The molecule has 9 aliphatic rings. The van der Waals surface area contributed by atoms with E-state index in [0.29, 0.717) is 13.1 Å². The lowest BCUT2D eigenvalue weighted by Crippen LogP contribution is -2.62. The van der Waals surface area contributed by atoms with Crippen molar-refractivity contribution in [2.24, 2.45) is 35.5 Å². The summed E-state index contributed by atoms with van der Waals surface area (Å²) in [5, 5.41) is 34.5. The Hall–Kier alpha value is -2.02. The van der Waals surface area contributed by atoms with E-state index in [0.717, 1.165) is 126 Å². The number of urea groups is 2. The van der Waals surface area contributed by atoms with E-state index in [1.165, 1.54) is 38.5 Å². The predicted octanol–water partition coefficient (Wildman–Crippen LogP) is 3.81. The van der Waals surface area contributed by atoms with Crippen molar-refractivity contribution in [3.8, 4) is 0 Å². The van der Waals surface area contributed by atoms with Crippen LogP contribution in [0.25, 0.3) is 0 Å². The van der Waals surface area contributed by atoms with Gasteiger partial charge in [0.2, 0.25) is 0 Å². The van der Waals surface area contributed by atoms with Gasteiger partial charge in [0.25, 0.3) is 0 Å². The van der Waals surface area contributed by atoms with Crippen molar-refractivity contribution in [2.45, 2.75) is 101 Å². The molecule has 0 unspecified atom stereocenters. The molecule has 8 bridgehead atoms. The molecule has 9 rings (SSSR count). The number of halogens is 2. The van der Waals surface area contributed by atoms with Crippen LogP contribution in [0, 0.1) is 46.3 Å². The normalized spacial score (nSPS) is 35.9. The van der Waals surface area contributed by atoms with Crippen LogP contribution in [0.15, 0.2) is 0 Å². The Morgan fingerprint density at radius 3 is 1.12 bits per heavy atom. The maximum Gasteiger partial charge on any atom is 0.321 e. The SMILES string of the molecule is Cl.Cl.N=C(NCCCN1CCN(CCCNC(=N)NC(=O)NC23CC4CC(CC(C4)C2)C3)CC1)NC(=O)NC12CC3CC(CC(C3)C1)C2. The van der Waals surface area contributed by atoms with Crippen LogP contribution in [0.4, 0.5) is 9.59 Å². The van der Waals surface area contributed by atoms with Gasteiger partial charge in [-0.25, -0.2) is 9.59 Å². The van der Waals surface area contributed by atoms with Crippen molar-refractivity contribution in [2.75, 3.05) is 52.4 Å². The summed E-state index contributed by atoms with van der Waals surface area (Å²) in [6.45, 7) is 7.40. The summed E-state index contributed by atoms with van der Waals surface area (Å²) >= 11 is 0. The van der Waals surface area contributed by atoms with Crippen molar-refractivity contribution < 1.29 is 9.59 Å². The number of hydrogen-bond acceptors (Lipinski definition) is 6. The molecule has 8 saturated carbocycles. The van der Waals surface area contributed by atoms with Crippen LogP contribution in [0.3, 0.4) is 0 Å². The van der Waals surface area contributed by atoms with Gasteiger partial charge in [0.15, 0.2) is 11.9 Å². The Kier molecular flexibility index (Phi) is 12.3. The molecule has 12 nitrogen and oxygen atoms in total. The molecule has 0 aromatic carbocycles. The number of rotatable bonds is 10. The minimum absolute atomic E-state index is 0. The summed E-state index contributed by atoms with van der Waals surface area (Å²) in [6.07, 6.45) is 16.6. The molecular formula is C34H60Cl2N10O2. The molecule has 0 atom stereocenters. The topological polar surface area (TPSA) is 160 Å². The van der Waals surface area contributed by atoms with Crippen molar-refractivity contribution in [1.82, 2.24) is 41.7 Å². The highest BCUT2D eigenvalue weighted by Crippen LogP contribution is 2.56. The summed E-state index contributed by atoms with van der Waals surface area (Å²) in [6, 6.07) is -0.450. The highest BCUT2D eigenvalue weighted by Gasteiger charge is 2.52. The number of hydrogen-bond donors (Lipinski definition) is 8. The summed E-state index contributed by atoms with van der Waals surface area (Å²) in [5.74, 6) is 4.86. The third-order valence-electron chi connectivity index (χ3n) is 12.7. The van der Waals surface area contributed by atoms with Gasteiger partial charge in [-0.2, -0.15) is 0 Å². The first-order chi connectivity index (χ1) is 22.2. The minimum Gasteiger partial charge on any atom is -0.356 e. The van der Waals surface area contributed by atoms with Crippen LogP contribution < -0.4 is 31.9 Å². The molecule has 0 aromatic heterocycles. The van der Waals surface area contributed by atoms with Crippen molar-refractivity contribution in [3.05, 3.63) is 0 Å². The van der Waals surface area contributed by atoms with E-state index in [9.17, 15) is 9.59 Å². The zero-order valence-corrected chi connectivity index (χ0v) is 30.2. The van der Waals surface area contributed by atoms with Crippen LogP contribution in [0.1, 0.15) is 89.9 Å². The van der Waals surface area contributed by atoms with E-state index in [1.807, 2.05) is 0 Å². The number of nitrogens with one attached hydrogen (secondary N) is 8. The third-order valence-corrected chi connectivity index (χ3v) is 12.7. The zero-order valence-electron chi connectivity index (χ0n) is 28.5. The highest BCUT2D eigenvalue weighted by atomic mass is 35.5. The number of piperazine rings is 1. The summed E-state index contributed by atoms with van der Waals surface area (Å²) in [5.41, 5.74) is -0.0769. The molecule has 9 fully saturated rings. The van der Waals surface area contributed by atoms with Gasteiger partial charge in [0.05, 0.1) is 0 Å². The van der Waals surface area contributed by atoms with Crippen molar-refractivity contribution >= 4 is 48.8 Å². The Morgan fingerprint density at radius 2 is 0.833 bits per heavy atom. The minimum atomic E-state index is -0.225. The first kappa shape index (κ1) is 37.2. The van der Waals surface area contributed by atoms with E-state index in [1.54, 1.807) is 0 Å². The Bertz CT molecular complexity index is 1000. The van der Waals surface area contributed by atoms with Gasteiger partial charge in [-0.15, -0.1) is 24.8 Å². The molecule has 8 N–H and O–H groups in total. The number of carbonyl (C=O) groups excluding carboxylic acids is 2. The molecule has 14 heteroatoms. The average Bonchev–Trinajstić information content (AvgIpc) is 2.96. The smallest absolute Gasteiger partial charge is 0.321 e. The second kappa shape index (κ2) is 15.9. The second-order valence-electron chi connectivity index (χ2n) is 16.5. The number of carbonyl (C=O) groups is 2. The predicted molar refractivity (Wildman–Crippen MR) is 193 cm³/mol. The van der Waals surface area contributed by atoms with Gasteiger partial charge in [-0.05, 0) is 138 Å². The van der Waals surface area contributed by atoms with Gasteiger partial charge in [0.1, 0.15) is 0 Å². The molecule has 0 aromatic rings. The van der Waals surface area contributed by atoms with Crippen LogP contribution in [0.2, 0.25) is 0 Å². The quantitative estimate of drug-likeness (QED) is 0.0978. The van der Waals surface area contributed by atoms with Crippen LogP contribution in [-0.2, 0) is 0 Å².